The number of unbranched alkanes of at least 4 members (excludes halogenated alkanes) is 7. The van der Waals surface area contributed by atoms with Crippen molar-refractivity contribution in [3.63, 3.8) is 0 Å². The Morgan fingerprint density at radius 1 is 0.905 bits per heavy atom. The van der Waals surface area contributed by atoms with E-state index in [1.54, 1.807) is 0 Å². The molecule has 3 heteroatoms. The number of thioether (sulfide) groups is 1. The van der Waals surface area contributed by atoms with Gasteiger partial charge in [0.1, 0.15) is 0 Å². The highest BCUT2D eigenvalue weighted by atomic mass is 32.2. The number of esters is 1. The number of allylic oxidation sites excluding steroid dienone is 2. The average molecular weight is 315 g/mol. The van der Waals surface area contributed by atoms with Crippen LogP contribution in [0.4, 0.5) is 0 Å². The van der Waals surface area contributed by atoms with Crippen LogP contribution < -0.4 is 0 Å². The van der Waals surface area contributed by atoms with Crippen LogP contribution >= 0.6 is 11.8 Å². The molecule has 0 rings (SSSR count). The zero-order valence-electron chi connectivity index (χ0n) is 14.1. The molecule has 0 fully saturated rings. The number of carbonyl (C=O) groups excluding carboxylic acids is 1. The molecular weight excluding hydrogens is 280 g/mol. The summed E-state index contributed by atoms with van der Waals surface area (Å²) in [5, 5.41) is 0. The predicted octanol–water partition coefficient (Wildman–Crippen LogP) is 5.76. The van der Waals surface area contributed by atoms with Gasteiger partial charge >= 0.3 is 5.97 Å². The van der Waals surface area contributed by atoms with Gasteiger partial charge in [-0.05, 0) is 43.6 Å². The van der Waals surface area contributed by atoms with E-state index in [0.717, 1.165) is 18.6 Å². The first kappa shape index (κ1) is 20.6. The van der Waals surface area contributed by atoms with E-state index in [-0.39, 0.29) is 5.97 Å². The topological polar surface area (TPSA) is 26.3 Å². The van der Waals surface area contributed by atoms with E-state index in [1.807, 2.05) is 11.8 Å². The third kappa shape index (κ3) is 17.5. The summed E-state index contributed by atoms with van der Waals surface area (Å²) < 4.78 is 4.61. The molecule has 0 aromatic rings. The summed E-state index contributed by atoms with van der Waals surface area (Å²) in [6, 6.07) is 0. The quantitative estimate of drug-likeness (QED) is 0.218. The lowest BCUT2D eigenvalue weighted by atomic mass is 10.1. The largest absolute Gasteiger partial charge is 0.469 e. The van der Waals surface area contributed by atoms with Crippen molar-refractivity contribution in [2.24, 2.45) is 0 Å². The Kier molecular flexibility index (Phi) is 17.2. The van der Waals surface area contributed by atoms with Crippen molar-refractivity contribution in [2.45, 2.75) is 77.6 Å². The molecule has 0 heterocycles. The Morgan fingerprint density at radius 3 is 2.38 bits per heavy atom. The van der Waals surface area contributed by atoms with E-state index in [4.69, 9.17) is 0 Å². The van der Waals surface area contributed by atoms with Crippen LogP contribution in [0, 0.1) is 0 Å². The highest BCUT2D eigenvalue weighted by Gasteiger charge is 1.98. The van der Waals surface area contributed by atoms with Gasteiger partial charge in [0.2, 0.25) is 0 Å². The second-order valence-electron chi connectivity index (χ2n) is 5.46. The minimum absolute atomic E-state index is 0.0855. The molecular formula is C18H34O2S. The average Bonchev–Trinajstić information content (AvgIpc) is 2.50. The van der Waals surface area contributed by atoms with Crippen molar-refractivity contribution < 1.29 is 9.53 Å². The number of rotatable bonds is 15. The predicted molar refractivity (Wildman–Crippen MR) is 94.9 cm³/mol. The first-order valence-corrected chi connectivity index (χ1v) is 9.76. The summed E-state index contributed by atoms with van der Waals surface area (Å²) in [6.07, 6.45) is 18.0. The Bertz CT molecular complexity index is 252. The lowest BCUT2D eigenvalue weighted by Gasteiger charge is -2.00. The number of hydrogen-bond donors (Lipinski definition) is 0. The smallest absolute Gasteiger partial charge is 0.305 e. The normalized spacial score (nSPS) is 11.1. The van der Waals surface area contributed by atoms with E-state index in [2.05, 4.69) is 23.8 Å². The molecule has 0 saturated heterocycles. The fraction of sp³-hybridized carbons (Fsp3) is 0.833. The summed E-state index contributed by atoms with van der Waals surface area (Å²) in [4.78, 5) is 10.9. The first-order valence-electron chi connectivity index (χ1n) is 8.60. The van der Waals surface area contributed by atoms with Crippen molar-refractivity contribution in [1.82, 2.24) is 0 Å². The number of ether oxygens (including phenoxy) is 1. The first-order chi connectivity index (χ1) is 10.3. The Morgan fingerprint density at radius 2 is 1.62 bits per heavy atom. The second-order valence-corrected chi connectivity index (χ2v) is 6.69. The summed E-state index contributed by atoms with van der Waals surface area (Å²) in [7, 11) is 1.45. The van der Waals surface area contributed by atoms with Crippen LogP contribution in [0.5, 0.6) is 0 Å². The van der Waals surface area contributed by atoms with Gasteiger partial charge in [0, 0.05) is 6.42 Å². The molecule has 0 atom stereocenters. The summed E-state index contributed by atoms with van der Waals surface area (Å²) in [5.41, 5.74) is 0. The van der Waals surface area contributed by atoms with Crippen molar-refractivity contribution in [2.75, 3.05) is 18.6 Å². The van der Waals surface area contributed by atoms with Gasteiger partial charge in [-0.15, -0.1) is 0 Å². The number of hydrogen-bond acceptors (Lipinski definition) is 3. The Labute approximate surface area is 136 Å². The molecule has 0 N–H and O–H groups in total. The number of methoxy groups -OCH3 is 1. The minimum atomic E-state index is -0.0855. The van der Waals surface area contributed by atoms with Gasteiger partial charge in [0.05, 0.1) is 7.11 Å². The maximum atomic E-state index is 10.9. The lowest BCUT2D eigenvalue weighted by molar-refractivity contribution is -0.140. The molecule has 0 spiro atoms. The number of carbonyl (C=O) groups is 1. The standard InChI is InChI=1S/C18H34O2S/c1-3-4-5-6-7-8-9-10-11-13-16-21-17-14-12-15-18(19)20-2/h10-11H,3-9,12-17H2,1-2H3/b11-10-. The van der Waals surface area contributed by atoms with Gasteiger partial charge < -0.3 is 4.74 Å². The molecule has 21 heavy (non-hydrogen) atoms. The molecule has 0 saturated carbocycles. The van der Waals surface area contributed by atoms with Crippen LogP contribution in [0.1, 0.15) is 77.6 Å². The fourth-order valence-corrected chi connectivity index (χ4v) is 3.02. The van der Waals surface area contributed by atoms with Crippen molar-refractivity contribution in [1.29, 1.82) is 0 Å². The third-order valence-electron chi connectivity index (χ3n) is 3.47. The zero-order chi connectivity index (χ0) is 15.6. The van der Waals surface area contributed by atoms with Crippen molar-refractivity contribution in [3.05, 3.63) is 12.2 Å². The molecule has 0 aliphatic rings. The Balaban J connectivity index is 3.10. The lowest BCUT2D eigenvalue weighted by Crippen LogP contribution is -1.99. The molecule has 0 aromatic heterocycles. The van der Waals surface area contributed by atoms with Crippen LogP contribution in [-0.2, 0) is 9.53 Å². The minimum Gasteiger partial charge on any atom is -0.469 e. The zero-order valence-corrected chi connectivity index (χ0v) is 14.9. The molecule has 0 aliphatic heterocycles. The van der Waals surface area contributed by atoms with Crippen LogP contribution in [0.25, 0.3) is 0 Å². The molecule has 0 bridgehead atoms. The van der Waals surface area contributed by atoms with Crippen LogP contribution in [0.3, 0.4) is 0 Å². The molecule has 0 unspecified atom stereocenters. The van der Waals surface area contributed by atoms with Crippen molar-refractivity contribution in [3.8, 4) is 0 Å². The molecule has 124 valence electrons. The van der Waals surface area contributed by atoms with Gasteiger partial charge in [-0.2, -0.15) is 11.8 Å². The SMILES string of the molecule is CCCCCCCC/C=C\CCSCCCCC(=O)OC. The Hall–Kier alpha value is -0.440. The fourth-order valence-electron chi connectivity index (χ4n) is 2.11. The van der Waals surface area contributed by atoms with Crippen LogP contribution in [0.2, 0.25) is 0 Å². The van der Waals surface area contributed by atoms with E-state index < -0.39 is 0 Å². The van der Waals surface area contributed by atoms with Crippen LogP contribution in [0.15, 0.2) is 12.2 Å². The van der Waals surface area contributed by atoms with E-state index in [1.165, 1.54) is 64.2 Å². The summed E-state index contributed by atoms with van der Waals surface area (Å²) in [6.45, 7) is 2.26. The monoisotopic (exact) mass is 314 g/mol. The molecule has 0 radical (unpaired) electrons. The highest BCUT2D eigenvalue weighted by Crippen LogP contribution is 2.10. The summed E-state index contributed by atoms with van der Waals surface area (Å²) >= 11 is 1.99. The van der Waals surface area contributed by atoms with E-state index in [9.17, 15) is 4.79 Å². The van der Waals surface area contributed by atoms with Crippen LogP contribution in [-0.4, -0.2) is 24.6 Å². The molecule has 0 amide bonds. The van der Waals surface area contributed by atoms with Gasteiger partial charge in [-0.3, -0.25) is 4.79 Å². The maximum absolute atomic E-state index is 10.9. The van der Waals surface area contributed by atoms with Gasteiger partial charge in [-0.1, -0.05) is 51.2 Å². The molecule has 2 nitrogen and oxygen atoms in total. The third-order valence-corrected chi connectivity index (χ3v) is 4.57. The molecule has 0 aromatic carbocycles. The van der Waals surface area contributed by atoms with E-state index >= 15 is 0 Å². The highest BCUT2D eigenvalue weighted by molar-refractivity contribution is 7.99. The maximum Gasteiger partial charge on any atom is 0.305 e. The van der Waals surface area contributed by atoms with Gasteiger partial charge in [0.25, 0.3) is 0 Å². The summed E-state index contributed by atoms with van der Waals surface area (Å²) in [5.74, 6) is 2.27. The van der Waals surface area contributed by atoms with Crippen molar-refractivity contribution >= 4 is 17.7 Å². The molecule has 0 aliphatic carbocycles. The van der Waals surface area contributed by atoms with Gasteiger partial charge in [-0.25, -0.2) is 0 Å². The second kappa shape index (κ2) is 17.6. The van der Waals surface area contributed by atoms with Gasteiger partial charge in [0.15, 0.2) is 0 Å². The van der Waals surface area contributed by atoms with E-state index in [0.29, 0.717) is 6.42 Å².